The van der Waals surface area contributed by atoms with Crippen LogP contribution in [-0.2, 0) is 21.2 Å². The van der Waals surface area contributed by atoms with E-state index in [1.54, 1.807) is 43.3 Å². The smallest absolute Gasteiger partial charge is 0.339 e. The van der Waals surface area contributed by atoms with Gasteiger partial charge in [0.1, 0.15) is 0 Å². The Bertz CT molecular complexity index is 763. The summed E-state index contributed by atoms with van der Waals surface area (Å²) < 4.78 is 31.8. The van der Waals surface area contributed by atoms with Gasteiger partial charge in [-0.1, -0.05) is 31.5 Å². The van der Waals surface area contributed by atoms with Crippen molar-refractivity contribution in [3.05, 3.63) is 53.9 Å². The second-order valence-electron chi connectivity index (χ2n) is 5.16. The first-order valence-corrected chi connectivity index (χ1v) is 9.13. The lowest BCUT2D eigenvalue weighted by Crippen LogP contribution is -2.15. The van der Waals surface area contributed by atoms with E-state index in [1.165, 1.54) is 10.2 Å². The highest BCUT2D eigenvalue weighted by molar-refractivity contribution is 7.90. The van der Waals surface area contributed by atoms with Gasteiger partial charge < -0.3 is 4.74 Å². The second kappa shape index (κ2) is 7.46. The summed E-state index contributed by atoms with van der Waals surface area (Å²) in [6.07, 6.45) is 3.72. The largest absolute Gasteiger partial charge is 0.462 e. The van der Waals surface area contributed by atoms with Crippen LogP contribution in [0.1, 0.15) is 42.7 Å². The van der Waals surface area contributed by atoms with Crippen molar-refractivity contribution in [3.63, 3.8) is 0 Å². The molecule has 0 atom stereocenters. The van der Waals surface area contributed by atoms with Crippen LogP contribution in [0.4, 0.5) is 0 Å². The quantitative estimate of drug-likeness (QED) is 0.729. The van der Waals surface area contributed by atoms with E-state index in [0.29, 0.717) is 12.1 Å². The van der Waals surface area contributed by atoms with Crippen LogP contribution in [0, 0.1) is 0 Å². The lowest BCUT2D eigenvalue weighted by molar-refractivity contribution is 0.0526. The van der Waals surface area contributed by atoms with Crippen molar-refractivity contribution in [1.29, 1.82) is 0 Å². The van der Waals surface area contributed by atoms with Crippen LogP contribution in [0.15, 0.2) is 47.5 Å². The summed E-state index contributed by atoms with van der Waals surface area (Å²) in [6.45, 7) is 4.00. The Hall–Kier alpha value is -2.08. The monoisotopic (exact) mass is 335 g/mol. The van der Waals surface area contributed by atoms with Crippen molar-refractivity contribution in [1.82, 2.24) is 3.97 Å². The Morgan fingerprint density at radius 1 is 1.17 bits per heavy atom. The van der Waals surface area contributed by atoms with Crippen LogP contribution >= 0.6 is 0 Å². The zero-order valence-corrected chi connectivity index (χ0v) is 14.2. The summed E-state index contributed by atoms with van der Waals surface area (Å²) in [5.41, 5.74) is 0.858. The maximum Gasteiger partial charge on any atom is 0.339 e. The van der Waals surface area contributed by atoms with Crippen molar-refractivity contribution >= 4 is 16.0 Å². The molecule has 5 nitrogen and oxygen atoms in total. The van der Waals surface area contributed by atoms with Crippen molar-refractivity contribution in [2.75, 3.05) is 6.61 Å². The third kappa shape index (κ3) is 3.82. The SMILES string of the molecule is CCCCc1cc(C(=O)OCC)cn1S(=O)(=O)c1ccccc1. The molecule has 0 unspecified atom stereocenters. The molecule has 0 fully saturated rings. The minimum absolute atomic E-state index is 0.198. The van der Waals surface area contributed by atoms with E-state index in [0.717, 1.165) is 12.8 Å². The van der Waals surface area contributed by atoms with Crippen LogP contribution < -0.4 is 0 Å². The Morgan fingerprint density at radius 2 is 1.87 bits per heavy atom. The third-order valence-electron chi connectivity index (χ3n) is 3.46. The second-order valence-corrected chi connectivity index (χ2v) is 6.97. The number of hydrogen-bond acceptors (Lipinski definition) is 4. The van der Waals surface area contributed by atoms with Gasteiger partial charge in [0.2, 0.25) is 0 Å². The molecular formula is C17H21NO4S. The number of ether oxygens (including phenoxy) is 1. The van der Waals surface area contributed by atoms with E-state index in [2.05, 4.69) is 0 Å². The average Bonchev–Trinajstić information content (AvgIpc) is 2.99. The minimum Gasteiger partial charge on any atom is -0.462 e. The van der Waals surface area contributed by atoms with Gasteiger partial charge in [0, 0.05) is 11.9 Å². The molecule has 0 N–H and O–H groups in total. The highest BCUT2D eigenvalue weighted by Crippen LogP contribution is 2.20. The fraction of sp³-hybridized carbons (Fsp3) is 0.353. The summed E-state index contributed by atoms with van der Waals surface area (Å²) in [4.78, 5) is 12.1. The molecule has 1 heterocycles. The summed E-state index contributed by atoms with van der Waals surface area (Å²) >= 11 is 0. The van der Waals surface area contributed by atoms with Crippen LogP contribution in [0.25, 0.3) is 0 Å². The molecule has 0 bridgehead atoms. The molecule has 0 saturated heterocycles. The van der Waals surface area contributed by atoms with Crippen molar-refractivity contribution in [2.24, 2.45) is 0 Å². The molecule has 0 radical (unpaired) electrons. The van der Waals surface area contributed by atoms with Crippen molar-refractivity contribution in [2.45, 2.75) is 38.0 Å². The Kier molecular flexibility index (Phi) is 5.60. The number of hydrogen-bond donors (Lipinski definition) is 0. The number of nitrogens with zero attached hydrogens (tertiary/aromatic N) is 1. The van der Waals surface area contributed by atoms with Gasteiger partial charge in [0.25, 0.3) is 10.0 Å². The summed E-state index contributed by atoms with van der Waals surface area (Å²) in [5, 5.41) is 0. The first-order chi connectivity index (χ1) is 11.0. The van der Waals surface area contributed by atoms with E-state index in [9.17, 15) is 13.2 Å². The molecule has 6 heteroatoms. The van der Waals surface area contributed by atoms with Crippen molar-refractivity contribution in [3.8, 4) is 0 Å². The maximum absolute atomic E-state index is 12.8. The van der Waals surface area contributed by atoms with Crippen LogP contribution in [0.5, 0.6) is 0 Å². The fourth-order valence-corrected chi connectivity index (χ4v) is 3.72. The zero-order valence-electron chi connectivity index (χ0n) is 13.4. The van der Waals surface area contributed by atoms with E-state index in [1.807, 2.05) is 6.92 Å². The molecule has 1 aromatic heterocycles. The molecule has 124 valence electrons. The zero-order chi connectivity index (χ0) is 16.9. The number of carbonyl (C=O) groups excluding carboxylic acids is 1. The highest BCUT2D eigenvalue weighted by atomic mass is 32.2. The van der Waals surface area contributed by atoms with Crippen molar-refractivity contribution < 1.29 is 17.9 Å². The molecule has 0 saturated carbocycles. The van der Waals surface area contributed by atoms with E-state index >= 15 is 0 Å². The molecule has 0 aliphatic heterocycles. The van der Waals surface area contributed by atoms with E-state index in [-0.39, 0.29) is 17.1 Å². The Labute approximate surface area is 136 Å². The number of aromatic nitrogens is 1. The number of rotatable bonds is 7. The molecular weight excluding hydrogens is 314 g/mol. The molecule has 2 aromatic rings. The molecule has 23 heavy (non-hydrogen) atoms. The molecule has 0 spiro atoms. The number of aryl methyl sites for hydroxylation is 1. The number of esters is 1. The topological polar surface area (TPSA) is 65.4 Å². The van der Waals surface area contributed by atoms with Gasteiger partial charge in [-0.05, 0) is 38.0 Å². The van der Waals surface area contributed by atoms with E-state index < -0.39 is 16.0 Å². The normalized spacial score (nSPS) is 11.4. The first-order valence-electron chi connectivity index (χ1n) is 7.69. The third-order valence-corrected chi connectivity index (χ3v) is 5.18. The average molecular weight is 335 g/mol. The lowest BCUT2D eigenvalue weighted by Gasteiger charge is -2.10. The Morgan fingerprint density at radius 3 is 2.48 bits per heavy atom. The number of unbranched alkanes of at least 4 members (excludes halogenated alkanes) is 1. The lowest BCUT2D eigenvalue weighted by atomic mass is 10.2. The van der Waals surface area contributed by atoms with Gasteiger partial charge in [0.15, 0.2) is 0 Å². The summed E-state index contributed by atoms with van der Waals surface area (Å²) in [7, 11) is -3.72. The van der Waals surface area contributed by atoms with Crippen LogP contribution in [0.3, 0.4) is 0 Å². The first kappa shape index (κ1) is 17.3. The fourth-order valence-electron chi connectivity index (χ4n) is 2.29. The predicted octanol–water partition coefficient (Wildman–Crippen LogP) is 3.24. The summed E-state index contributed by atoms with van der Waals surface area (Å²) in [6, 6.07) is 9.81. The predicted molar refractivity (Wildman–Crippen MR) is 88.0 cm³/mol. The van der Waals surface area contributed by atoms with Gasteiger partial charge in [-0.3, -0.25) is 0 Å². The molecule has 2 rings (SSSR count). The highest BCUT2D eigenvalue weighted by Gasteiger charge is 2.22. The van der Waals surface area contributed by atoms with Crippen LogP contribution in [0.2, 0.25) is 0 Å². The standard InChI is InChI=1S/C17H21NO4S/c1-3-5-9-15-12-14(17(19)22-4-2)13-18(15)23(20,21)16-10-7-6-8-11-16/h6-8,10-13H,3-5,9H2,1-2H3. The van der Waals surface area contributed by atoms with Crippen LogP contribution in [-0.4, -0.2) is 25.0 Å². The van der Waals surface area contributed by atoms with Gasteiger partial charge in [-0.25, -0.2) is 17.2 Å². The van der Waals surface area contributed by atoms with Gasteiger partial charge in [-0.15, -0.1) is 0 Å². The van der Waals surface area contributed by atoms with Gasteiger partial charge in [0.05, 0.1) is 17.1 Å². The molecule has 0 aliphatic carbocycles. The van der Waals surface area contributed by atoms with Gasteiger partial charge in [-0.2, -0.15) is 0 Å². The number of benzene rings is 1. The molecule has 0 aliphatic rings. The molecule has 0 amide bonds. The molecule has 1 aromatic carbocycles. The maximum atomic E-state index is 12.8. The minimum atomic E-state index is -3.72. The van der Waals surface area contributed by atoms with E-state index in [4.69, 9.17) is 4.74 Å². The summed E-state index contributed by atoms with van der Waals surface area (Å²) in [5.74, 6) is -0.507. The number of carbonyl (C=O) groups is 1. The Balaban J connectivity index is 2.49. The van der Waals surface area contributed by atoms with Gasteiger partial charge >= 0.3 is 5.97 Å².